The van der Waals surface area contributed by atoms with Gasteiger partial charge in [0.05, 0.1) is 18.7 Å². The van der Waals surface area contributed by atoms with E-state index in [2.05, 4.69) is 15.5 Å². The first-order valence-electron chi connectivity index (χ1n) is 4.70. The standard InChI is InChI=1S/C8H14N4O2/c1-5-6(2-3-13-5)10-8-12-11-7(4-9)14-8/h5-6H,2-4,9H2,1H3,(H,10,12). The molecule has 2 unspecified atom stereocenters. The minimum atomic E-state index is 0.184. The highest BCUT2D eigenvalue weighted by Gasteiger charge is 2.25. The predicted octanol–water partition coefficient (Wildman–Crippen LogP) is 0.118. The van der Waals surface area contributed by atoms with Crippen molar-refractivity contribution in [1.82, 2.24) is 10.2 Å². The van der Waals surface area contributed by atoms with Gasteiger partial charge in [0, 0.05) is 6.61 Å². The Morgan fingerprint density at radius 2 is 2.43 bits per heavy atom. The van der Waals surface area contributed by atoms with Crippen LogP contribution >= 0.6 is 0 Å². The van der Waals surface area contributed by atoms with Crippen LogP contribution in [0.3, 0.4) is 0 Å². The van der Waals surface area contributed by atoms with Gasteiger partial charge in [0.15, 0.2) is 0 Å². The van der Waals surface area contributed by atoms with Crippen molar-refractivity contribution in [3.8, 4) is 0 Å². The summed E-state index contributed by atoms with van der Waals surface area (Å²) in [5.41, 5.74) is 5.35. The number of hydrogen-bond donors (Lipinski definition) is 2. The molecule has 78 valence electrons. The predicted molar refractivity (Wildman–Crippen MR) is 49.6 cm³/mol. The van der Waals surface area contributed by atoms with Gasteiger partial charge in [0.2, 0.25) is 5.89 Å². The van der Waals surface area contributed by atoms with Crippen molar-refractivity contribution in [2.75, 3.05) is 11.9 Å². The lowest BCUT2D eigenvalue weighted by Gasteiger charge is -2.13. The summed E-state index contributed by atoms with van der Waals surface area (Å²) < 4.78 is 10.6. The van der Waals surface area contributed by atoms with Crippen molar-refractivity contribution in [3.63, 3.8) is 0 Å². The zero-order chi connectivity index (χ0) is 9.97. The zero-order valence-corrected chi connectivity index (χ0v) is 8.06. The second kappa shape index (κ2) is 3.93. The van der Waals surface area contributed by atoms with Crippen molar-refractivity contribution in [2.24, 2.45) is 5.73 Å². The lowest BCUT2D eigenvalue weighted by Crippen LogP contribution is -2.26. The summed E-state index contributed by atoms with van der Waals surface area (Å²) in [4.78, 5) is 0. The van der Waals surface area contributed by atoms with Crippen LogP contribution in [-0.2, 0) is 11.3 Å². The maximum absolute atomic E-state index is 5.39. The van der Waals surface area contributed by atoms with E-state index in [1.165, 1.54) is 0 Å². The maximum atomic E-state index is 5.39. The molecule has 0 amide bonds. The first kappa shape index (κ1) is 9.42. The molecule has 2 atom stereocenters. The van der Waals surface area contributed by atoms with Gasteiger partial charge in [0.1, 0.15) is 0 Å². The van der Waals surface area contributed by atoms with E-state index in [0.29, 0.717) is 11.9 Å². The Balaban J connectivity index is 1.96. The number of nitrogens with one attached hydrogen (secondary N) is 1. The largest absolute Gasteiger partial charge is 0.407 e. The Morgan fingerprint density at radius 3 is 3.00 bits per heavy atom. The molecule has 0 bridgehead atoms. The van der Waals surface area contributed by atoms with E-state index in [0.717, 1.165) is 13.0 Å². The summed E-state index contributed by atoms with van der Waals surface area (Å²) >= 11 is 0. The minimum absolute atomic E-state index is 0.184. The molecular weight excluding hydrogens is 184 g/mol. The average Bonchev–Trinajstić information content (AvgIpc) is 2.77. The Morgan fingerprint density at radius 1 is 1.57 bits per heavy atom. The van der Waals surface area contributed by atoms with Gasteiger partial charge in [-0.25, -0.2) is 0 Å². The minimum Gasteiger partial charge on any atom is -0.407 e. The molecule has 3 N–H and O–H groups in total. The van der Waals surface area contributed by atoms with Gasteiger partial charge in [-0.2, -0.15) is 0 Å². The number of rotatable bonds is 3. The molecule has 0 aliphatic carbocycles. The number of hydrogen-bond acceptors (Lipinski definition) is 6. The van der Waals surface area contributed by atoms with Crippen LogP contribution in [0.15, 0.2) is 4.42 Å². The molecule has 6 heteroatoms. The summed E-state index contributed by atoms with van der Waals surface area (Å²) in [6.45, 7) is 3.06. The topological polar surface area (TPSA) is 86.2 Å². The van der Waals surface area contributed by atoms with Crippen LogP contribution in [0, 0.1) is 0 Å². The normalized spacial score (nSPS) is 26.7. The van der Waals surface area contributed by atoms with Crippen LogP contribution < -0.4 is 11.1 Å². The lowest BCUT2D eigenvalue weighted by molar-refractivity contribution is 0.121. The van der Waals surface area contributed by atoms with Crippen LogP contribution in [0.1, 0.15) is 19.2 Å². The fraction of sp³-hybridized carbons (Fsp3) is 0.750. The van der Waals surface area contributed by atoms with Crippen LogP contribution in [0.4, 0.5) is 6.01 Å². The van der Waals surface area contributed by atoms with Crippen molar-refractivity contribution in [2.45, 2.75) is 32.0 Å². The van der Waals surface area contributed by atoms with Crippen LogP contribution in [-0.4, -0.2) is 29.0 Å². The first-order chi connectivity index (χ1) is 6.79. The number of anilines is 1. The molecule has 14 heavy (non-hydrogen) atoms. The van der Waals surface area contributed by atoms with Gasteiger partial charge in [-0.05, 0) is 13.3 Å². The summed E-state index contributed by atoms with van der Waals surface area (Å²) in [6, 6.07) is 0.675. The summed E-state index contributed by atoms with van der Waals surface area (Å²) in [6.07, 6.45) is 1.14. The van der Waals surface area contributed by atoms with E-state index >= 15 is 0 Å². The number of ether oxygens (including phenoxy) is 1. The number of aromatic nitrogens is 2. The molecule has 1 saturated heterocycles. The molecule has 0 saturated carbocycles. The quantitative estimate of drug-likeness (QED) is 0.717. The monoisotopic (exact) mass is 198 g/mol. The molecule has 1 aromatic heterocycles. The van der Waals surface area contributed by atoms with E-state index in [4.69, 9.17) is 14.9 Å². The van der Waals surface area contributed by atoms with Gasteiger partial charge >= 0.3 is 6.01 Å². The van der Waals surface area contributed by atoms with Crippen molar-refractivity contribution in [3.05, 3.63) is 5.89 Å². The average molecular weight is 198 g/mol. The van der Waals surface area contributed by atoms with E-state index in [1.54, 1.807) is 0 Å². The molecular formula is C8H14N4O2. The van der Waals surface area contributed by atoms with Gasteiger partial charge in [-0.1, -0.05) is 5.10 Å². The second-order valence-electron chi connectivity index (χ2n) is 3.32. The summed E-state index contributed by atoms with van der Waals surface area (Å²) in [7, 11) is 0. The summed E-state index contributed by atoms with van der Waals surface area (Å²) in [5.74, 6) is 0.444. The third-order valence-electron chi connectivity index (χ3n) is 2.33. The second-order valence-corrected chi connectivity index (χ2v) is 3.32. The molecule has 0 radical (unpaired) electrons. The van der Waals surface area contributed by atoms with Crippen LogP contribution in [0.5, 0.6) is 0 Å². The van der Waals surface area contributed by atoms with Crippen molar-refractivity contribution < 1.29 is 9.15 Å². The Bertz CT molecular complexity index is 301. The maximum Gasteiger partial charge on any atom is 0.315 e. The first-order valence-corrected chi connectivity index (χ1v) is 4.70. The SMILES string of the molecule is CC1OCCC1Nc1nnc(CN)o1. The molecule has 1 fully saturated rings. The molecule has 6 nitrogen and oxygen atoms in total. The fourth-order valence-electron chi connectivity index (χ4n) is 1.47. The highest BCUT2D eigenvalue weighted by Crippen LogP contribution is 2.17. The summed E-state index contributed by atoms with van der Waals surface area (Å²) in [5, 5.41) is 10.7. The Labute approximate surface area is 81.8 Å². The van der Waals surface area contributed by atoms with Gasteiger partial charge < -0.3 is 20.2 Å². The Kier molecular flexibility index (Phi) is 2.64. The van der Waals surface area contributed by atoms with E-state index in [9.17, 15) is 0 Å². The van der Waals surface area contributed by atoms with Gasteiger partial charge in [0.25, 0.3) is 0 Å². The van der Waals surface area contributed by atoms with E-state index < -0.39 is 0 Å². The van der Waals surface area contributed by atoms with E-state index in [1.807, 2.05) is 6.92 Å². The zero-order valence-electron chi connectivity index (χ0n) is 8.06. The number of nitrogens with zero attached hydrogens (tertiary/aromatic N) is 2. The van der Waals surface area contributed by atoms with E-state index in [-0.39, 0.29) is 18.7 Å². The van der Waals surface area contributed by atoms with Gasteiger partial charge in [-0.3, -0.25) is 0 Å². The molecule has 1 aliphatic heterocycles. The Hall–Kier alpha value is -1.14. The smallest absolute Gasteiger partial charge is 0.315 e. The molecule has 0 aromatic carbocycles. The number of nitrogens with two attached hydrogens (primary N) is 1. The molecule has 2 rings (SSSR count). The van der Waals surface area contributed by atoms with Gasteiger partial charge in [-0.15, -0.1) is 5.10 Å². The third-order valence-corrected chi connectivity index (χ3v) is 2.33. The highest BCUT2D eigenvalue weighted by atomic mass is 16.5. The molecule has 0 spiro atoms. The van der Waals surface area contributed by atoms with Crippen molar-refractivity contribution in [1.29, 1.82) is 0 Å². The third kappa shape index (κ3) is 1.85. The molecule has 1 aromatic rings. The lowest BCUT2D eigenvalue weighted by atomic mass is 10.2. The fourth-order valence-corrected chi connectivity index (χ4v) is 1.47. The van der Waals surface area contributed by atoms with Crippen LogP contribution in [0.25, 0.3) is 0 Å². The van der Waals surface area contributed by atoms with Crippen LogP contribution in [0.2, 0.25) is 0 Å². The highest BCUT2D eigenvalue weighted by molar-refractivity contribution is 5.20. The molecule has 1 aliphatic rings. The van der Waals surface area contributed by atoms with Crippen molar-refractivity contribution >= 4 is 6.01 Å². The molecule has 2 heterocycles.